The van der Waals surface area contributed by atoms with Gasteiger partial charge >= 0.3 is 0 Å². The highest BCUT2D eigenvalue weighted by Gasteiger charge is 2.29. The predicted octanol–water partition coefficient (Wildman–Crippen LogP) is 2.13. The Morgan fingerprint density at radius 2 is 2.00 bits per heavy atom. The highest BCUT2D eigenvalue weighted by Crippen LogP contribution is 2.20. The quantitative estimate of drug-likeness (QED) is 0.843. The van der Waals surface area contributed by atoms with Crippen molar-refractivity contribution in [2.75, 3.05) is 19.6 Å². The van der Waals surface area contributed by atoms with Gasteiger partial charge in [-0.15, -0.1) is 10.2 Å². The third-order valence-corrected chi connectivity index (χ3v) is 3.96. The first kappa shape index (κ1) is 16.1. The molecule has 0 spiro atoms. The number of benzene rings is 1. The summed E-state index contributed by atoms with van der Waals surface area (Å²) >= 11 is 0. The van der Waals surface area contributed by atoms with Gasteiger partial charge in [0, 0.05) is 25.6 Å². The second-order valence-corrected chi connectivity index (χ2v) is 6.27. The SMILES string of the molecule is CC(C)c1nnc(COC2CN(C[C@H](O)c3ccccc3)C2)o1. The largest absolute Gasteiger partial charge is 0.422 e. The molecule has 23 heavy (non-hydrogen) atoms. The highest BCUT2D eigenvalue weighted by atomic mass is 16.5. The molecule has 124 valence electrons. The Labute approximate surface area is 136 Å². The van der Waals surface area contributed by atoms with Crippen molar-refractivity contribution in [3.63, 3.8) is 0 Å². The number of nitrogens with zero attached hydrogens (tertiary/aromatic N) is 3. The zero-order chi connectivity index (χ0) is 16.2. The smallest absolute Gasteiger partial charge is 0.242 e. The number of aliphatic hydroxyl groups excluding tert-OH is 1. The third kappa shape index (κ3) is 4.16. The molecule has 0 bridgehead atoms. The maximum Gasteiger partial charge on any atom is 0.242 e. The minimum absolute atomic E-state index is 0.160. The van der Waals surface area contributed by atoms with Gasteiger partial charge < -0.3 is 14.3 Å². The summed E-state index contributed by atoms with van der Waals surface area (Å²) in [5, 5.41) is 18.2. The Bertz CT molecular complexity index is 609. The first-order valence-electron chi connectivity index (χ1n) is 8.01. The maximum absolute atomic E-state index is 10.2. The standard InChI is InChI=1S/C17H23N3O3/c1-12(2)17-19-18-16(23-17)11-22-14-8-20(9-14)10-15(21)13-6-4-3-5-7-13/h3-7,12,14-15,21H,8-11H2,1-2H3/t15-/m0/s1. The second kappa shape index (κ2) is 7.21. The van der Waals surface area contributed by atoms with Crippen LogP contribution in [0.4, 0.5) is 0 Å². The van der Waals surface area contributed by atoms with Crippen molar-refractivity contribution in [3.05, 3.63) is 47.7 Å². The van der Waals surface area contributed by atoms with Crippen molar-refractivity contribution in [2.24, 2.45) is 0 Å². The topological polar surface area (TPSA) is 71.6 Å². The van der Waals surface area contributed by atoms with Gasteiger partial charge in [0.25, 0.3) is 0 Å². The van der Waals surface area contributed by atoms with Gasteiger partial charge in [-0.2, -0.15) is 0 Å². The van der Waals surface area contributed by atoms with Crippen LogP contribution in [0.5, 0.6) is 0 Å². The van der Waals surface area contributed by atoms with E-state index in [1.54, 1.807) is 0 Å². The molecular formula is C17H23N3O3. The summed E-state index contributed by atoms with van der Waals surface area (Å²) < 4.78 is 11.3. The first-order valence-corrected chi connectivity index (χ1v) is 8.01. The van der Waals surface area contributed by atoms with E-state index >= 15 is 0 Å². The van der Waals surface area contributed by atoms with Crippen molar-refractivity contribution in [2.45, 2.75) is 38.6 Å². The molecule has 0 saturated carbocycles. The number of aliphatic hydroxyl groups is 1. The number of likely N-dealkylation sites (tertiary alicyclic amines) is 1. The van der Waals surface area contributed by atoms with Crippen molar-refractivity contribution in [3.8, 4) is 0 Å². The minimum Gasteiger partial charge on any atom is -0.422 e. The van der Waals surface area contributed by atoms with Crippen LogP contribution in [0.1, 0.15) is 43.2 Å². The number of β-amino-alcohol motifs (C(OH)–C–C–N with tert-alkyl or cyclic N) is 1. The van der Waals surface area contributed by atoms with Gasteiger partial charge in [0.2, 0.25) is 11.8 Å². The minimum atomic E-state index is -0.457. The summed E-state index contributed by atoms with van der Waals surface area (Å²) in [6, 6.07) is 9.72. The summed E-state index contributed by atoms with van der Waals surface area (Å²) in [6.07, 6.45) is -0.297. The molecule has 6 nitrogen and oxygen atoms in total. The molecule has 0 amide bonds. The van der Waals surface area contributed by atoms with E-state index in [9.17, 15) is 5.11 Å². The van der Waals surface area contributed by atoms with E-state index in [1.807, 2.05) is 44.2 Å². The van der Waals surface area contributed by atoms with E-state index < -0.39 is 6.10 Å². The Balaban J connectivity index is 1.38. The third-order valence-electron chi connectivity index (χ3n) is 3.96. The maximum atomic E-state index is 10.2. The van der Waals surface area contributed by atoms with Gasteiger partial charge in [-0.3, -0.25) is 4.90 Å². The van der Waals surface area contributed by atoms with E-state index in [1.165, 1.54) is 0 Å². The fraction of sp³-hybridized carbons (Fsp3) is 0.529. The van der Waals surface area contributed by atoms with Crippen LogP contribution in [-0.2, 0) is 11.3 Å². The van der Waals surface area contributed by atoms with Crippen molar-refractivity contribution < 1.29 is 14.3 Å². The number of hydrogen-bond acceptors (Lipinski definition) is 6. The number of ether oxygens (including phenoxy) is 1. The Morgan fingerprint density at radius 1 is 1.26 bits per heavy atom. The van der Waals surface area contributed by atoms with E-state index in [-0.39, 0.29) is 12.0 Å². The van der Waals surface area contributed by atoms with E-state index in [0.717, 1.165) is 18.7 Å². The monoisotopic (exact) mass is 317 g/mol. The summed E-state index contributed by atoms with van der Waals surface area (Å²) in [7, 11) is 0. The lowest BCUT2D eigenvalue weighted by atomic mass is 10.1. The Kier molecular flexibility index (Phi) is 5.05. The molecule has 1 aliphatic heterocycles. The molecule has 2 heterocycles. The molecule has 1 fully saturated rings. The van der Waals surface area contributed by atoms with Crippen LogP contribution < -0.4 is 0 Å². The average molecular weight is 317 g/mol. The molecule has 0 radical (unpaired) electrons. The molecule has 1 atom stereocenters. The van der Waals surface area contributed by atoms with Gasteiger partial charge in [-0.05, 0) is 5.56 Å². The van der Waals surface area contributed by atoms with Gasteiger partial charge in [0.05, 0.1) is 12.2 Å². The number of aromatic nitrogens is 2. The normalized spacial score (nSPS) is 17.4. The van der Waals surface area contributed by atoms with Crippen LogP contribution in [0.2, 0.25) is 0 Å². The van der Waals surface area contributed by atoms with Crippen LogP contribution in [0, 0.1) is 0 Å². The van der Waals surface area contributed by atoms with Crippen LogP contribution in [0.3, 0.4) is 0 Å². The molecule has 0 unspecified atom stereocenters. The molecule has 1 aliphatic rings. The van der Waals surface area contributed by atoms with Crippen LogP contribution >= 0.6 is 0 Å². The van der Waals surface area contributed by atoms with Crippen LogP contribution in [0.25, 0.3) is 0 Å². The van der Waals surface area contributed by atoms with Crippen LogP contribution in [0.15, 0.2) is 34.7 Å². The lowest BCUT2D eigenvalue weighted by molar-refractivity contribution is -0.0793. The van der Waals surface area contributed by atoms with E-state index in [0.29, 0.717) is 24.9 Å². The second-order valence-electron chi connectivity index (χ2n) is 6.27. The molecule has 1 saturated heterocycles. The van der Waals surface area contributed by atoms with Gasteiger partial charge in [-0.1, -0.05) is 44.2 Å². The van der Waals surface area contributed by atoms with Crippen molar-refractivity contribution >= 4 is 0 Å². The lowest BCUT2D eigenvalue weighted by Crippen LogP contribution is -2.53. The fourth-order valence-electron chi connectivity index (χ4n) is 2.55. The molecule has 3 rings (SSSR count). The summed E-state index contributed by atoms with van der Waals surface area (Å²) in [4.78, 5) is 2.18. The van der Waals surface area contributed by atoms with E-state index in [2.05, 4.69) is 15.1 Å². The molecule has 2 aromatic rings. The fourth-order valence-corrected chi connectivity index (χ4v) is 2.55. The van der Waals surface area contributed by atoms with Gasteiger partial charge in [0.1, 0.15) is 6.61 Å². The zero-order valence-corrected chi connectivity index (χ0v) is 13.6. The molecule has 0 aliphatic carbocycles. The number of rotatable bonds is 7. The summed E-state index contributed by atoms with van der Waals surface area (Å²) in [5.74, 6) is 1.40. The molecule has 1 aromatic carbocycles. The van der Waals surface area contributed by atoms with Crippen molar-refractivity contribution in [1.82, 2.24) is 15.1 Å². The van der Waals surface area contributed by atoms with Crippen molar-refractivity contribution in [1.29, 1.82) is 0 Å². The van der Waals surface area contributed by atoms with Crippen LogP contribution in [-0.4, -0.2) is 45.9 Å². The molecular weight excluding hydrogens is 294 g/mol. The van der Waals surface area contributed by atoms with E-state index in [4.69, 9.17) is 9.15 Å². The molecule has 1 aromatic heterocycles. The Hall–Kier alpha value is -1.76. The van der Waals surface area contributed by atoms with Gasteiger partial charge in [-0.25, -0.2) is 0 Å². The predicted molar refractivity (Wildman–Crippen MR) is 84.8 cm³/mol. The van der Waals surface area contributed by atoms with Gasteiger partial charge in [0.15, 0.2) is 0 Å². The molecule has 6 heteroatoms. The first-order chi connectivity index (χ1) is 11.1. The lowest BCUT2D eigenvalue weighted by Gasteiger charge is -2.39. The zero-order valence-electron chi connectivity index (χ0n) is 13.6. The summed E-state index contributed by atoms with van der Waals surface area (Å²) in [5.41, 5.74) is 0.948. The number of hydrogen-bond donors (Lipinski definition) is 1. The summed E-state index contributed by atoms with van der Waals surface area (Å²) in [6.45, 7) is 6.63. The molecule has 1 N–H and O–H groups in total. The Morgan fingerprint density at radius 3 is 2.65 bits per heavy atom. The highest BCUT2D eigenvalue weighted by molar-refractivity contribution is 5.17. The average Bonchev–Trinajstić information content (AvgIpc) is 2.99.